The number of nitriles is 1. The molecule has 1 aliphatic rings. The fraction of sp³-hybridized carbons (Fsp3) is 0.462. The third-order valence-corrected chi connectivity index (χ3v) is 4.07. The molecule has 6 heteroatoms. The molecule has 5 nitrogen and oxygen atoms in total. The first kappa shape index (κ1) is 12.5. The molecule has 0 radical (unpaired) electrons. The van der Waals surface area contributed by atoms with Crippen molar-refractivity contribution in [1.29, 1.82) is 5.26 Å². The van der Waals surface area contributed by atoms with Gasteiger partial charge in [-0.05, 0) is 12.3 Å². The SMILES string of the molecule is CSc1ncc2cc(C#N)n([C@H]3COC[C@H]3C)c2n1. The van der Waals surface area contributed by atoms with Crippen LogP contribution in [0.2, 0.25) is 0 Å². The van der Waals surface area contributed by atoms with Crippen molar-refractivity contribution in [3.05, 3.63) is 18.0 Å². The van der Waals surface area contributed by atoms with Crippen molar-refractivity contribution in [2.45, 2.75) is 18.1 Å². The van der Waals surface area contributed by atoms with Gasteiger partial charge in [-0.1, -0.05) is 18.7 Å². The van der Waals surface area contributed by atoms with E-state index >= 15 is 0 Å². The van der Waals surface area contributed by atoms with Crippen LogP contribution in [-0.2, 0) is 4.74 Å². The summed E-state index contributed by atoms with van der Waals surface area (Å²) in [5, 5.41) is 11.0. The highest BCUT2D eigenvalue weighted by molar-refractivity contribution is 7.98. The van der Waals surface area contributed by atoms with Gasteiger partial charge in [-0.3, -0.25) is 0 Å². The number of hydrogen-bond acceptors (Lipinski definition) is 5. The summed E-state index contributed by atoms with van der Waals surface area (Å²) in [6.45, 7) is 3.51. The van der Waals surface area contributed by atoms with Gasteiger partial charge in [-0.2, -0.15) is 5.26 Å². The smallest absolute Gasteiger partial charge is 0.189 e. The van der Waals surface area contributed by atoms with Gasteiger partial charge in [0.2, 0.25) is 0 Å². The lowest BCUT2D eigenvalue weighted by molar-refractivity contribution is 0.182. The molecule has 2 atom stereocenters. The summed E-state index contributed by atoms with van der Waals surface area (Å²) in [6.07, 6.45) is 3.73. The summed E-state index contributed by atoms with van der Waals surface area (Å²) in [7, 11) is 0. The maximum Gasteiger partial charge on any atom is 0.189 e. The van der Waals surface area contributed by atoms with Crippen LogP contribution in [0.25, 0.3) is 11.0 Å². The van der Waals surface area contributed by atoms with Gasteiger partial charge in [0, 0.05) is 17.5 Å². The largest absolute Gasteiger partial charge is 0.379 e. The van der Waals surface area contributed by atoms with E-state index in [1.807, 2.05) is 16.9 Å². The second-order valence-electron chi connectivity index (χ2n) is 4.73. The van der Waals surface area contributed by atoms with E-state index in [-0.39, 0.29) is 6.04 Å². The van der Waals surface area contributed by atoms with Crippen molar-refractivity contribution in [3.63, 3.8) is 0 Å². The molecule has 3 heterocycles. The van der Waals surface area contributed by atoms with Gasteiger partial charge in [-0.25, -0.2) is 9.97 Å². The lowest BCUT2D eigenvalue weighted by atomic mass is 10.1. The Balaban J connectivity index is 2.22. The zero-order chi connectivity index (χ0) is 13.4. The summed E-state index contributed by atoms with van der Waals surface area (Å²) in [6, 6.07) is 4.28. The molecule has 0 unspecified atom stereocenters. The highest BCUT2D eigenvalue weighted by atomic mass is 32.2. The fourth-order valence-electron chi connectivity index (χ4n) is 2.49. The van der Waals surface area contributed by atoms with Crippen LogP contribution in [0.1, 0.15) is 18.7 Å². The average molecular weight is 274 g/mol. The van der Waals surface area contributed by atoms with Gasteiger partial charge in [0.05, 0.1) is 19.3 Å². The lowest BCUT2D eigenvalue weighted by Gasteiger charge is -2.17. The van der Waals surface area contributed by atoms with E-state index in [0.717, 1.165) is 22.8 Å². The molecular weight excluding hydrogens is 260 g/mol. The predicted molar refractivity (Wildman–Crippen MR) is 73.0 cm³/mol. The first-order valence-electron chi connectivity index (χ1n) is 6.14. The fourth-order valence-corrected chi connectivity index (χ4v) is 2.83. The summed E-state index contributed by atoms with van der Waals surface area (Å²) in [4.78, 5) is 8.81. The van der Waals surface area contributed by atoms with Crippen LogP contribution in [0.4, 0.5) is 0 Å². The van der Waals surface area contributed by atoms with Crippen LogP contribution in [0.3, 0.4) is 0 Å². The Hall–Kier alpha value is -1.58. The van der Waals surface area contributed by atoms with Gasteiger partial charge in [-0.15, -0.1) is 0 Å². The Kier molecular flexibility index (Phi) is 3.17. The molecule has 0 aromatic carbocycles. The molecule has 1 aliphatic heterocycles. The normalized spacial score (nSPS) is 22.8. The number of rotatable bonds is 2. The second-order valence-corrected chi connectivity index (χ2v) is 5.50. The van der Waals surface area contributed by atoms with Crippen molar-refractivity contribution in [1.82, 2.24) is 14.5 Å². The van der Waals surface area contributed by atoms with Crippen LogP contribution < -0.4 is 0 Å². The van der Waals surface area contributed by atoms with Crippen LogP contribution in [0, 0.1) is 17.2 Å². The monoisotopic (exact) mass is 274 g/mol. The van der Waals surface area contributed by atoms with Crippen molar-refractivity contribution in [2.24, 2.45) is 5.92 Å². The molecule has 2 aromatic rings. The van der Waals surface area contributed by atoms with Crippen LogP contribution >= 0.6 is 11.8 Å². The average Bonchev–Trinajstić information content (AvgIpc) is 3.00. The van der Waals surface area contributed by atoms with Gasteiger partial charge in [0.1, 0.15) is 17.4 Å². The molecule has 1 saturated heterocycles. The molecule has 0 aliphatic carbocycles. The molecule has 3 rings (SSSR count). The van der Waals surface area contributed by atoms with E-state index in [2.05, 4.69) is 23.0 Å². The van der Waals surface area contributed by atoms with E-state index in [1.54, 1.807) is 6.20 Å². The Labute approximate surface area is 115 Å². The lowest BCUT2D eigenvalue weighted by Crippen LogP contribution is -2.17. The van der Waals surface area contributed by atoms with Crippen molar-refractivity contribution < 1.29 is 4.74 Å². The van der Waals surface area contributed by atoms with Crippen LogP contribution in [0.5, 0.6) is 0 Å². The number of fused-ring (bicyclic) bond motifs is 1. The van der Waals surface area contributed by atoms with Crippen molar-refractivity contribution in [2.75, 3.05) is 19.5 Å². The van der Waals surface area contributed by atoms with Crippen molar-refractivity contribution in [3.8, 4) is 6.07 Å². The number of aromatic nitrogens is 3. The molecule has 1 fully saturated rings. The van der Waals surface area contributed by atoms with E-state index in [0.29, 0.717) is 18.2 Å². The Morgan fingerprint density at radius 3 is 3.00 bits per heavy atom. The standard InChI is InChI=1S/C13H14N4OS/c1-8-6-18-7-11(8)17-10(4-14)3-9-5-15-13(19-2)16-12(9)17/h3,5,8,11H,6-7H2,1-2H3/t8-,11+/m1/s1. The number of nitrogens with zero attached hydrogens (tertiary/aromatic N) is 4. The summed E-state index contributed by atoms with van der Waals surface area (Å²) < 4.78 is 7.53. The van der Waals surface area contributed by atoms with Crippen LogP contribution in [-0.4, -0.2) is 34.0 Å². The predicted octanol–water partition coefficient (Wildman–Crippen LogP) is 2.23. The summed E-state index contributed by atoms with van der Waals surface area (Å²) in [5.41, 5.74) is 1.46. The third-order valence-electron chi connectivity index (χ3n) is 3.51. The summed E-state index contributed by atoms with van der Waals surface area (Å²) in [5.74, 6) is 0.385. The first-order chi connectivity index (χ1) is 9.24. The zero-order valence-corrected chi connectivity index (χ0v) is 11.6. The van der Waals surface area contributed by atoms with Gasteiger partial charge >= 0.3 is 0 Å². The second kappa shape index (κ2) is 4.83. The van der Waals surface area contributed by atoms with E-state index in [4.69, 9.17) is 4.74 Å². The van der Waals surface area contributed by atoms with Crippen LogP contribution in [0.15, 0.2) is 17.4 Å². The third kappa shape index (κ3) is 1.99. The molecule has 0 amide bonds. The quantitative estimate of drug-likeness (QED) is 0.620. The topological polar surface area (TPSA) is 63.7 Å². The Bertz CT molecular complexity index is 660. The zero-order valence-electron chi connectivity index (χ0n) is 10.8. The molecule has 98 valence electrons. The molecule has 0 saturated carbocycles. The van der Waals surface area contributed by atoms with E-state index in [9.17, 15) is 5.26 Å². The highest BCUT2D eigenvalue weighted by Crippen LogP contribution is 2.31. The maximum absolute atomic E-state index is 9.33. The first-order valence-corrected chi connectivity index (χ1v) is 7.37. The Morgan fingerprint density at radius 1 is 1.53 bits per heavy atom. The molecule has 0 bridgehead atoms. The highest BCUT2D eigenvalue weighted by Gasteiger charge is 2.29. The maximum atomic E-state index is 9.33. The minimum atomic E-state index is 0.178. The van der Waals surface area contributed by atoms with Crippen molar-refractivity contribution >= 4 is 22.8 Å². The molecule has 0 N–H and O–H groups in total. The number of hydrogen-bond donors (Lipinski definition) is 0. The minimum absolute atomic E-state index is 0.178. The van der Waals surface area contributed by atoms with Gasteiger partial charge in [0.15, 0.2) is 5.16 Å². The molecule has 0 spiro atoms. The molecular formula is C13H14N4OS. The van der Waals surface area contributed by atoms with Gasteiger partial charge in [0.25, 0.3) is 0 Å². The van der Waals surface area contributed by atoms with E-state index < -0.39 is 0 Å². The summed E-state index contributed by atoms with van der Waals surface area (Å²) >= 11 is 1.50. The number of thioether (sulfide) groups is 1. The minimum Gasteiger partial charge on any atom is -0.379 e. The molecule has 2 aromatic heterocycles. The molecule has 19 heavy (non-hydrogen) atoms. The number of ether oxygens (including phenoxy) is 1. The van der Waals surface area contributed by atoms with Gasteiger partial charge < -0.3 is 9.30 Å². The Morgan fingerprint density at radius 2 is 2.37 bits per heavy atom. The van der Waals surface area contributed by atoms with E-state index in [1.165, 1.54) is 11.8 Å².